The molecule has 37 heavy (non-hydrogen) atoms. The predicted octanol–water partition coefficient (Wildman–Crippen LogP) is 6.06. The van der Waals surface area contributed by atoms with E-state index in [1.54, 1.807) is 67.8 Å². The number of benzene rings is 3. The molecule has 0 aliphatic rings. The summed E-state index contributed by atoms with van der Waals surface area (Å²) in [6.45, 7) is 0. The molecule has 1 heterocycles. The van der Waals surface area contributed by atoms with Crippen molar-refractivity contribution in [2.45, 2.75) is 0 Å². The summed E-state index contributed by atoms with van der Waals surface area (Å²) in [5.41, 5.74) is 2.36. The van der Waals surface area contributed by atoms with E-state index in [2.05, 4.69) is 10.6 Å². The van der Waals surface area contributed by atoms with Gasteiger partial charge in [0.15, 0.2) is 5.78 Å². The molecule has 2 amide bonds. The first-order valence-corrected chi connectivity index (χ1v) is 12.3. The average molecular weight is 509 g/mol. The zero-order chi connectivity index (χ0) is 26.0. The molecule has 0 atom stereocenters. The summed E-state index contributed by atoms with van der Waals surface area (Å²) < 4.78 is 5.20. The number of hydrogen-bond donors (Lipinski definition) is 2. The third-order valence-corrected chi connectivity index (χ3v) is 6.13. The van der Waals surface area contributed by atoms with E-state index in [4.69, 9.17) is 4.74 Å². The minimum absolute atomic E-state index is 0.109. The largest absolute Gasteiger partial charge is 0.497 e. The van der Waals surface area contributed by atoms with Crippen molar-refractivity contribution in [1.29, 1.82) is 0 Å². The highest BCUT2D eigenvalue weighted by Gasteiger charge is 2.15. The molecule has 0 aliphatic carbocycles. The standard InChI is InChI=1S/C30H24N2O4S/c1-36-25-10-5-7-21(19-25)12-17-28(33)22-13-15-24(16-14-22)31-30(35)27(20-26-11-6-18-37-26)32-29(34)23-8-3-2-4-9-23/h2-20H,1H3,(H,31,35)(H,32,34)/b17-12+,27-20-. The lowest BCUT2D eigenvalue weighted by Crippen LogP contribution is -2.30. The molecule has 0 bridgehead atoms. The summed E-state index contributed by atoms with van der Waals surface area (Å²) in [6, 6.07) is 26.4. The van der Waals surface area contributed by atoms with Gasteiger partial charge in [-0.3, -0.25) is 14.4 Å². The fraction of sp³-hybridized carbons (Fsp3) is 0.0333. The summed E-state index contributed by atoms with van der Waals surface area (Å²) >= 11 is 1.45. The van der Waals surface area contributed by atoms with E-state index in [0.29, 0.717) is 22.6 Å². The lowest BCUT2D eigenvalue weighted by molar-refractivity contribution is -0.113. The van der Waals surface area contributed by atoms with Crippen molar-refractivity contribution in [1.82, 2.24) is 5.32 Å². The van der Waals surface area contributed by atoms with Gasteiger partial charge >= 0.3 is 0 Å². The molecule has 1 aromatic heterocycles. The van der Waals surface area contributed by atoms with Gasteiger partial charge in [-0.1, -0.05) is 42.5 Å². The molecule has 2 N–H and O–H groups in total. The molecule has 3 aromatic carbocycles. The van der Waals surface area contributed by atoms with Gasteiger partial charge in [0.25, 0.3) is 11.8 Å². The van der Waals surface area contributed by atoms with Gasteiger partial charge in [-0.25, -0.2) is 0 Å². The Morgan fingerprint density at radius 2 is 1.62 bits per heavy atom. The second-order valence-electron chi connectivity index (χ2n) is 7.90. The van der Waals surface area contributed by atoms with Gasteiger partial charge in [0.1, 0.15) is 11.4 Å². The lowest BCUT2D eigenvalue weighted by atomic mass is 10.1. The molecule has 0 aliphatic heterocycles. The third-order valence-electron chi connectivity index (χ3n) is 5.31. The maximum atomic E-state index is 13.1. The Balaban J connectivity index is 1.45. The summed E-state index contributed by atoms with van der Waals surface area (Å²) in [6.07, 6.45) is 4.84. The molecular formula is C30H24N2O4S. The Bertz CT molecular complexity index is 1440. The van der Waals surface area contributed by atoms with Crippen molar-refractivity contribution >= 4 is 46.8 Å². The quantitative estimate of drug-likeness (QED) is 0.213. The number of anilines is 1. The van der Waals surface area contributed by atoms with Crippen molar-refractivity contribution in [3.8, 4) is 5.75 Å². The zero-order valence-electron chi connectivity index (χ0n) is 20.0. The van der Waals surface area contributed by atoms with E-state index in [1.165, 1.54) is 17.4 Å². The molecule has 0 spiro atoms. The van der Waals surface area contributed by atoms with Crippen LogP contribution in [-0.4, -0.2) is 24.7 Å². The SMILES string of the molecule is COc1cccc(/C=C/C(=O)c2ccc(NC(=O)/C(=C/c3cccs3)NC(=O)c3ccccc3)cc2)c1. The molecule has 7 heteroatoms. The lowest BCUT2D eigenvalue weighted by Gasteiger charge is -2.11. The molecule has 6 nitrogen and oxygen atoms in total. The fourth-order valence-corrected chi connectivity index (χ4v) is 4.04. The number of ketones is 1. The highest BCUT2D eigenvalue weighted by Crippen LogP contribution is 2.17. The fourth-order valence-electron chi connectivity index (χ4n) is 3.39. The smallest absolute Gasteiger partial charge is 0.272 e. The zero-order valence-corrected chi connectivity index (χ0v) is 20.8. The maximum Gasteiger partial charge on any atom is 0.272 e. The summed E-state index contributed by atoms with van der Waals surface area (Å²) in [5.74, 6) is -0.326. The van der Waals surface area contributed by atoms with Crippen molar-refractivity contribution in [3.05, 3.63) is 130 Å². The van der Waals surface area contributed by atoms with Gasteiger partial charge in [0.2, 0.25) is 0 Å². The van der Waals surface area contributed by atoms with Gasteiger partial charge in [-0.05, 0) is 77.7 Å². The van der Waals surface area contributed by atoms with Crippen LogP contribution in [0, 0.1) is 0 Å². The van der Waals surface area contributed by atoms with Crippen LogP contribution < -0.4 is 15.4 Å². The molecule has 0 unspecified atom stereocenters. The van der Waals surface area contributed by atoms with E-state index < -0.39 is 5.91 Å². The molecule has 0 saturated heterocycles. The van der Waals surface area contributed by atoms with Crippen LogP contribution in [0.3, 0.4) is 0 Å². The van der Waals surface area contributed by atoms with E-state index in [9.17, 15) is 14.4 Å². The molecule has 0 fully saturated rings. The number of hydrogen-bond acceptors (Lipinski definition) is 5. The number of amides is 2. The Hall–Kier alpha value is -4.75. The molecule has 4 aromatic rings. The van der Waals surface area contributed by atoms with Gasteiger partial charge in [-0.15, -0.1) is 11.3 Å². The highest BCUT2D eigenvalue weighted by molar-refractivity contribution is 7.10. The Morgan fingerprint density at radius 1 is 0.838 bits per heavy atom. The molecule has 0 radical (unpaired) electrons. The van der Waals surface area contributed by atoms with Crippen LogP contribution in [0.15, 0.2) is 108 Å². The predicted molar refractivity (Wildman–Crippen MR) is 148 cm³/mol. The summed E-state index contributed by atoms with van der Waals surface area (Å²) in [5, 5.41) is 7.38. The number of rotatable bonds is 9. The number of methoxy groups -OCH3 is 1. The van der Waals surface area contributed by atoms with E-state index in [1.807, 2.05) is 47.8 Å². The average Bonchev–Trinajstić information content (AvgIpc) is 3.45. The van der Waals surface area contributed by atoms with Crippen LogP contribution in [0.2, 0.25) is 0 Å². The van der Waals surface area contributed by atoms with Crippen molar-refractivity contribution in [2.75, 3.05) is 12.4 Å². The topological polar surface area (TPSA) is 84.5 Å². The van der Waals surface area contributed by atoms with Crippen molar-refractivity contribution in [2.24, 2.45) is 0 Å². The number of carbonyl (C=O) groups is 3. The minimum atomic E-state index is -0.477. The van der Waals surface area contributed by atoms with Crippen LogP contribution in [0.4, 0.5) is 5.69 Å². The normalized spacial score (nSPS) is 11.2. The number of thiophene rings is 1. The number of nitrogens with one attached hydrogen (secondary N) is 2. The minimum Gasteiger partial charge on any atom is -0.497 e. The maximum absolute atomic E-state index is 13.1. The first kappa shape index (κ1) is 25.3. The molecule has 0 saturated carbocycles. The van der Waals surface area contributed by atoms with Crippen LogP contribution in [0.25, 0.3) is 12.2 Å². The third kappa shape index (κ3) is 7.13. The van der Waals surface area contributed by atoms with Crippen molar-refractivity contribution in [3.63, 3.8) is 0 Å². The number of carbonyl (C=O) groups excluding carboxylic acids is 3. The first-order chi connectivity index (χ1) is 18.0. The van der Waals surface area contributed by atoms with E-state index >= 15 is 0 Å². The first-order valence-electron chi connectivity index (χ1n) is 11.4. The number of allylic oxidation sites excluding steroid dienone is 1. The van der Waals surface area contributed by atoms with Crippen molar-refractivity contribution < 1.29 is 19.1 Å². The summed E-state index contributed by atoms with van der Waals surface area (Å²) in [7, 11) is 1.59. The highest BCUT2D eigenvalue weighted by atomic mass is 32.1. The van der Waals surface area contributed by atoms with Gasteiger partial charge < -0.3 is 15.4 Å². The Labute approximate surface area is 218 Å². The summed E-state index contributed by atoms with van der Waals surface area (Å²) in [4.78, 5) is 39.1. The van der Waals surface area contributed by atoms with E-state index in [-0.39, 0.29) is 17.4 Å². The molecule has 4 rings (SSSR count). The Morgan fingerprint density at radius 3 is 2.32 bits per heavy atom. The van der Waals surface area contributed by atoms with E-state index in [0.717, 1.165) is 10.4 Å². The van der Waals surface area contributed by atoms with Crippen LogP contribution in [0.5, 0.6) is 5.75 Å². The van der Waals surface area contributed by atoms with Gasteiger partial charge in [0.05, 0.1) is 7.11 Å². The second kappa shape index (κ2) is 12.3. The van der Waals surface area contributed by atoms with Crippen LogP contribution in [-0.2, 0) is 4.79 Å². The van der Waals surface area contributed by atoms with Gasteiger partial charge in [-0.2, -0.15) is 0 Å². The molecular weight excluding hydrogens is 484 g/mol. The monoisotopic (exact) mass is 508 g/mol. The number of ether oxygens (including phenoxy) is 1. The Kier molecular flexibility index (Phi) is 8.41. The van der Waals surface area contributed by atoms with Crippen LogP contribution in [0.1, 0.15) is 31.2 Å². The molecule has 184 valence electrons. The van der Waals surface area contributed by atoms with Crippen LogP contribution >= 0.6 is 11.3 Å². The van der Waals surface area contributed by atoms with Gasteiger partial charge in [0, 0.05) is 21.7 Å². The second-order valence-corrected chi connectivity index (χ2v) is 8.88.